The van der Waals surface area contributed by atoms with Gasteiger partial charge in [-0.25, -0.2) is 5.84 Å². The zero-order valence-corrected chi connectivity index (χ0v) is 10.9. The van der Waals surface area contributed by atoms with Gasteiger partial charge >= 0.3 is 0 Å². The molecule has 0 fully saturated rings. The fourth-order valence-corrected chi connectivity index (χ4v) is 1.55. The second-order valence-corrected chi connectivity index (χ2v) is 4.14. The van der Waals surface area contributed by atoms with E-state index in [-0.39, 0.29) is 5.71 Å². The first-order valence-electron chi connectivity index (χ1n) is 6.10. The van der Waals surface area contributed by atoms with Gasteiger partial charge in [0.25, 0.3) is 5.91 Å². The van der Waals surface area contributed by atoms with Gasteiger partial charge in [0.1, 0.15) is 0 Å². The zero-order chi connectivity index (χ0) is 13.3. The molecule has 0 aliphatic rings. The Balaban J connectivity index is 4.16. The van der Waals surface area contributed by atoms with Crippen molar-refractivity contribution in [2.75, 3.05) is 6.54 Å². The normalized spacial score (nSPS) is 13.2. The second kappa shape index (κ2) is 8.73. The van der Waals surface area contributed by atoms with Gasteiger partial charge in [-0.05, 0) is 12.3 Å². The number of nitrogens with one attached hydrogen (secondary N) is 2. The predicted octanol–water partition coefficient (Wildman–Crippen LogP) is 1.55. The van der Waals surface area contributed by atoms with E-state index in [1.54, 1.807) is 0 Å². The molecule has 1 unspecified atom stereocenters. The summed E-state index contributed by atoms with van der Waals surface area (Å²) in [6, 6.07) is 0. The largest absolute Gasteiger partial charge is 0.350 e. The summed E-state index contributed by atoms with van der Waals surface area (Å²) in [5, 5.41) is 5.62. The molecule has 1 radical (unpaired) electrons. The van der Waals surface area contributed by atoms with Crippen molar-refractivity contribution in [1.82, 2.24) is 11.2 Å². The number of carbonyl (C=O) groups is 2. The molecule has 0 aromatic carbocycles. The molecule has 0 rings (SSSR count). The van der Waals surface area contributed by atoms with Gasteiger partial charge < -0.3 is 5.32 Å². The maximum Gasteiger partial charge on any atom is 0.275 e. The van der Waals surface area contributed by atoms with Crippen LogP contribution in [0.5, 0.6) is 0 Å². The van der Waals surface area contributed by atoms with Crippen LogP contribution in [0.4, 0.5) is 0 Å². The maximum atomic E-state index is 11.5. The number of nitrogens with zero attached hydrogens (tertiary/aromatic N) is 1. The second-order valence-electron chi connectivity index (χ2n) is 4.14. The van der Waals surface area contributed by atoms with E-state index in [9.17, 15) is 9.59 Å². The highest BCUT2D eigenvalue weighted by Gasteiger charge is 2.17. The van der Waals surface area contributed by atoms with Gasteiger partial charge in [-0.3, -0.25) is 9.59 Å². The summed E-state index contributed by atoms with van der Waals surface area (Å²) in [6.07, 6.45) is 4.34. The topological polar surface area (TPSA) is 82.3 Å². The van der Waals surface area contributed by atoms with E-state index in [0.29, 0.717) is 12.5 Å². The van der Waals surface area contributed by atoms with Crippen molar-refractivity contribution in [3.63, 3.8) is 0 Å². The Morgan fingerprint density at radius 2 is 2.00 bits per heavy atom. The SMILES string of the molecule is CCCCC(CC)CNC(=O)/C(=N\[NH])C(C)=O. The van der Waals surface area contributed by atoms with Crippen LogP contribution in [0.3, 0.4) is 0 Å². The highest BCUT2D eigenvalue weighted by atomic mass is 16.2. The molecular formula is C12H22N3O2. The highest BCUT2D eigenvalue weighted by molar-refractivity contribution is 6.65. The molecule has 0 aromatic heterocycles. The summed E-state index contributed by atoms with van der Waals surface area (Å²) in [5.41, 5.74) is -0.324. The summed E-state index contributed by atoms with van der Waals surface area (Å²) in [6.45, 7) is 5.99. The lowest BCUT2D eigenvalue weighted by atomic mass is 9.99. The third-order valence-corrected chi connectivity index (χ3v) is 2.75. The minimum Gasteiger partial charge on any atom is -0.350 e. The quantitative estimate of drug-likeness (QED) is 0.396. The Morgan fingerprint density at radius 3 is 2.41 bits per heavy atom. The Kier molecular flexibility index (Phi) is 8.01. The van der Waals surface area contributed by atoms with Crippen LogP contribution < -0.4 is 11.2 Å². The molecule has 0 saturated carbocycles. The van der Waals surface area contributed by atoms with Crippen molar-refractivity contribution in [2.24, 2.45) is 11.0 Å². The fourth-order valence-electron chi connectivity index (χ4n) is 1.55. The van der Waals surface area contributed by atoms with Gasteiger partial charge in [0.2, 0.25) is 0 Å². The van der Waals surface area contributed by atoms with Crippen LogP contribution >= 0.6 is 0 Å². The molecule has 0 heterocycles. The van der Waals surface area contributed by atoms with Crippen LogP contribution in [0.1, 0.15) is 46.5 Å². The van der Waals surface area contributed by atoms with E-state index in [1.165, 1.54) is 6.92 Å². The molecule has 5 nitrogen and oxygen atoms in total. The van der Waals surface area contributed by atoms with Gasteiger partial charge in [-0.1, -0.05) is 33.1 Å². The Hall–Kier alpha value is -1.39. The molecule has 97 valence electrons. The number of ketones is 1. The summed E-state index contributed by atoms with van der Waals surface area (Å²) >= 11 is 0. The van der Waals surface area contributed by atoms with Crippen molar-refractivity contribution >= 4 is 17.4 Å². The average molecular weight is 240 g/mol. The highest BCUT2D eigenvalue weighted by Crippen LogP contribution is 2.11. The van der Waals surface area contributed by atoms with Crippen LogP contribution in [-0.2, 0) is 9.59 Å². The number of rotatable bonds is 8. The van der Waals surface area contributed by atoms with E-state index < -0.39 is 11.7 Å². The Bertz CT molecular complexity index is 287. The van der Waals surface area contributed by atoms with Crippen molar-refractivity contribution < 1.29 is 9.59 Å². The minimum absolute atomic E-state index is 0.324. The lowest BCUT2D eigenvalue weighted by molar-refractivity contribution is -0.117. The molecule has 2 N–H and O–H groups in total. The first-order chi connectivity index (χ1) is 8.06. The lowest BCUT2D eigenvalue weighted by Crippen LogP contribution is -2.37. The Labute approximate surface area is 103 Å². The standard InChI is InChI=1S/C12H22N3O2/c1-4-6-7-10(5-2)8-14-12(17)11(15-13)9(3)16/h10,13H,4-8H2,1-3H3,(H,14,17)/b15-11-. The van der Waals surface area contributed by atoms with Crippen molar-refractivity contribution in [1.29, 1.82) is 0 Å². The number of unbranched alkanes of at least 4 members (excludes halogenated alkanes) is 1. The molecular weight excluding hydrogens is 218 g/mol. The summed E-state index contributed by atoms with van der Waals surface area (Å²) in [5.74, 6) is 6.18. The number of Topliss-reactive ketones (excluding diaryl/α,β-unsaturated/α-hetero) is 1. The van der Waals surface area contributed by atoms with Crippen molar-refractivity contribution in [2.45, 2.75) is 46.5 Å². The molecule has 1 amide bonds. The van der Waals surface area contributed by atoms with Gasteiger partial charge in [-0.15, -0.1) is 5.10 Å². The number of carbonyl (C=O) groups excluding carboxylic acids is 2. The van der Waals surface area contributed by atoms with E-state index in [1.807, 2.05) is 0 Å². The molecule has 0 bridgehead atoms. The predicted molar refractivity (Wildman–Crippen MR) is 67.5 cm³/mol. The van der Waals surface area contributed by atoms with Gasteiger partial charge in [0, 0.05) is 13.5 Å². The molecule has 17 heavy (non-hydrogen) atoms. The first kappa shape index (κ1) is 15.6. The molecule has 0 spiro atoms. The molecule has 0 aromatic rings. The minimum atomic E-state index is -0.539. The fraction of sp³-hybridized carbons (Fsp3) is 0.750. The van der Waals surface area contributed by atoms with Crippen LogP contribution in [0.2, 0.25) is 0 Å². The number of amides is 1. The summed E-state index contributed by atoms with van der Waals surface area (Å²) < 4.78 is 0. The average Bonchev–Trinajstić information content (AvgIpc) is 2.29. The molecule has 0 aliphatic heterocycles. The van der Waals surface area contributed by atoms with Gasteiger partial charge in [0.15, 0.2) is 11.5 Å². The monoisotopic (exact) mass is 240 g/mol. The molecule has 5 heteroatoms. The molecule has 0 saturated heterocycles. The van der Waals surface area contributed by atoms with Crippen molar-refractivity contribution in [3.8, 4) is 0 Å². The van der Waals surface area contributed by atoms with Gasteiger partial charge in [-0.2, -0.15) is 0 Å². The first-order valence-corrected chi connectivity index (χ1v) is 6.10. The zero-order valence-electron chi connectivity index (χ0n) is 10.9. The van der Waals surface area contributed by atoms with Crippen LogP contribution in [0, 0.1) is 5.92 Å². The van der Waals surface area contributed by atoms with E-state index in [2.05, 4.69) is 24.3 Å². The van der Waals surface area contributed by atoms with E-state index in [4.69, 9.17) is 5.84 Å². The van der Waals surface area contributed by atoms with Crippen LogP contribution in [0.15, 0.2) is 5.10 Å². The molecule has 1 atom stereocenters. The summed E-state index contributed by atoms with van der Waals surface area (Å²) in [7, 11) is 0. The van der Waals surface area contributed by atoms with Crippen molar-refractivity contribution in [3.05, 3.63) is 0 Å². The smallest absolute Gasteiger partial charge is 0.275 e. The van der Waals surface area contributed by atoms with E-state index >= 15 is 0 Å². The van der Waals surface area contributed by atoms with Crippen LogP contribution in [-0.4, -0.2) is 23.9 Å². The number of hydrogen-bond acceptors (Lipinski definition) is 3. The van der Waals surface area contributed by atoms with E-state index in [0.717, 1.165) is 25.7 Å². The van der Waals surface area contributed by atoms with Gasteiger partial charge in [0.05, 0.1) is 0 Å². The third-order valence-electron chi connectivity index (χ3n) is 2.75. The lowest BCUT2D eigenvalue weighted by Gasteiger charge is -2.15. The third kappa shape index (κ3) is 6.04. The Morgan fingerprint density at radius 1 is 1.35 bits per heavy atom. The number of hydrogen-bond donors (Lipinski definition) is 1. The summed E-state index contributed by atoms with van der Waals surface area (Å²) in [4.78, 5) is 22.5. The van der Waals surface area contributed by atoms with Crippen LogP contribution in [0.25, 0.3) is 0 Å². The maximum absolute atomic E-state index is 11.5. The molecule has 0 aliphatic carbocycles.